The summed E-state index contributed by atoms with van der Waals surface area (Å²) in [5, 5.41) is 5.08. The van der Waals surface area contributed by atoms with Gasteiger partial charge >= 0.3 is 0 Å². The van der Waals surface area contributed by atoms with Crippen LogP contribution >= 0.6 is 22.9 Å². The van der Waals surface area contributed by atoms with Crippen molar-refractivity contribution < 1.29 is 0 Å². The third kappa shape index (κ3) is 3.06. The fourth-order valence-electron chi connectivity index (χ4n) is 1.67. The van der Waals surface area contributed by atoms with Crippen LogP contribution in [0.3, 0.4) is 0 Å². The lowest BCUT2D eigenvalue weighted by atomic mass is 10.1. The first kappa shape index (κ1) is 12.6. The van der Waals surface area contributed by atoms with Gasteiger partial charge in [-0.2, -0.15) is 0 Å². The summed E-state index contributed by atoms with van der Waals surface area (Å²) in [6.07, 6.45) is 0.982. The van der Waals surface area contributed by atoms with E-state index in [0.717, 1.165) is 29.2 Å². The summed E-state index contributed by atoms with van der Waals surface area (Å²) in [6, 6.07) is 7.85. The maximum absolute atomic E-state index is 5.89. The van der Waals surface area contributed by atoms with Gasteiger partial charge in [-0.1, -0.05) is 23.7 Å². The highest BCUT2D eigenvalue weighted by atomic mass is 35.5. The summed E-state index contributed by atoms with van der Waals surface area (Å²) in [5.74, 6) is 0. The molecular weight excluding hydrogens is 252 g/mol. The molecule has 1 heterocycles. The fourth-order valence-corrected chi connectivity index (χ4v) is 2.75. The molecule has 17 heavy (non-hydrogen) atoms. The molecule has 0 fully saturated rings. The Kier molecular flexibility index (Phi) is 4.15. The lowest BCUT2D eigenvalue weighted by molar-refractivity contribution is 0.788. The Hall–Kier alpha value is -0.900. The second-order valence-electron chi connectivity index (χ2n) is 3.87. The normalized spacial score (nSPS) is 10.8. The van der Waals surface area contributed by atoms with Gasteiger partial charge in [-0.25, -0.2) is 4.98 Å². The Morgan fingerprint density at radius 2 is 2.00 bits per heavy atom. The van der Waals surface area contributed by atoms with E-state index >= 15 is 0 Å². The molecule has 4 heteroatoms. The maximum atomic E-state index is 5.89. The molecule has 0 amide bonds. The highest BCUT2D eigenvalue weighted by molar-refractivity contribution is 7.12. The van der Waals surface area contributed by atoms with E-state index in [2.05, 4.69) is 17.2 Å². The van der Waals surface area contributed by atoms with E-state index in [0.29, 0.717) is 0 Å². The van der Waals surface area contributed by atoms with Gasteiger partial charge in [-0.15, -0.1) is 11.3 Å². The minimum absolute atomic E-state index is 0.761. The molecule has 0 aliphatic heterocycles. The van der Waals surface area contributed by atoms with E-state index in [9.17, 15) is 0 Å². The van der Waals surface area contributed by atoms with Crippen molar-refractivity contribution in [2.75, 3.05) is 13.6 Å². The zero-order valence-electron chi connectivity index (χ0n) is 9.96. The fraction of sp³-hybridized carbons (Fsp3) is 0.308. The molecule has 0 saturated heterocycles. The van der Waals surface area contributed by atoms with Gasteiger partial charge in [-0.05, 0) is 26.1 Å². The van der Waals surface area contributed by atoms with Gasteiger partial charge in [0.15, 0.2) is 0 Å². The van der Waals surface area contributed by atoms with Crippen molar-refractivity contribution in [2.24, 2.45) is 0 Å². The van der Waals surface area contributed by atoms with Gasteiger partial charge in [0.2, 0.25) is 0 Å². The average Bonchev–Trinajstić information content (AvgIpc) is 2.69. The smallest absolute Gasteiger partial charge is 0.0948 e. The number of hydrogen-bond acceptors (Lipinski definition) is 3. The van der Waals surface area contributed by atoms with Crippen LogP contribution in [-0.2, 0) is 6.42 Å². The van der Waals surface area contributed by atoms with Gasteiger partial charge in [0.05, 0.1) is 10.7 Å². The van der Waals surface area contributed by atoms with Crippen LogP contribution in [0.4, 0.5) is 0 Å². The van der Waals surface area contributed by atoms with Crippen LogP contribution in [0.2, 0.25) is 5.02 Å². The number of aromatic nitrogens is 1. The van der Waals surface area contributed by atoms with Crippen molar-refractivity contribution in [3.8, 4) is 11.3 Å². The van der Waals surface area contributed by atoms with E-state index in [1.807, 2.05) is 31.3 Å². The predicted molar refractivity (Wildman–Crippen MR) is 74.9 cm³/mol. The van der Waals surface area contributed by atoms with Crippen LogP contribution in [0, 0.1) is 6.92 Å². The molecule has 1 aromatic carbocycles. The molecule has 90 valence electrons. The summed E-state index contributed by atoms with van der Waals surface area (Å²) in [6.45, 7) is 3.08. The zero-order chi connectivity index (χ0) is 12.3. The SMILES string of the molecule is CNCCc1nc(-c2ccc(Cl)cc2)c(C)s1. The summed E-state index contributed by atoms with van der Waals surface area (Å²) in [4.78, 5) is 5.95. The summed E-state index contributed by atoms with van der Waals surface area (Å²) < 4.78 is 0. The molecule has 0 bridgehead atoms. The quantitative estimate of drug-likeness (QED) is 0.916. The molecule has 0 unspecified atom stereocenters. The largest absolute Gasteiger partial charge is 0.319 e. The molecule has 0 aliphatic rings. The molecule has 2 nitrogen and oxygen atoms in total. The van der Waals surface area contributed by atoms with Crippen molar-refractivity contribution >= 4 is 22.9 Å². The number of nitrogens with one attached hydrogen (secondary N) is 1. The Morgan fingerprint density at radius 3 is 2.65 bits per heavy atom. The molecular formula is C13H15ClN2S. The van der Waals surface area contributed by atoms with Crippen molar-refractivity contribution in [1.29, 1.82) is 0 Å². The number of rotatable bonds is 4. The van der Waals surface area contributed by atoms with Crippen LogP contribution in [0.1, 0.15) is 9.88 Å². The van der Waals surface area contributed by atoms with Crippen LogP contribution in [0.25, 0.3) is 11.3 Å². The first-order valence-corrected chi connectivity index (χ1v) is 6.77. The first-order chi connectivity index (χ1) is 8.20. The topological polar surface area (TPSA) is 24.9 Å². The Labute approximate surface area is 111 Å². The second kappa shape index (κ2) is 5.63. The van der Waals surface area contributed by atoms with Gasteiger partial charge in [-0.3, -0.25) is 0 Å². The minimum Gasteiger partial charge on any atom is -0.319 e. The van der Waals surface area contributed by atoms with Gasteiger partial charge in [0.25, 0.3) is 0 Å². The van der Waals surface area contributed by atoms with E-state index < -0.39 is 0 Å². The number of thiazole rings is 1. The molecule has 0 spiro atoms. The van der Waals surface area contributed by atoms with Crippen LogP contribution in [0.15, 0.2) is 24.3 Å². The van der Waals surface area contributed by atoms with Crippen molar-refractivity contribution in [3.63, 3.8) is 0 Å². The number of nitrogens with zero attached hydrogens (tertiary/aromatic N) is 1. The molecule has 1 aromatic heterocycles. The number of benzene rings is 1. The average molecular weight is 267 g/mol. The van der Waals surface area contributed by atoms with Crippen LogP contribution < -0.4 is 5.32 Å². The Balaban J connectivity index is 2.26. The van der Waals surface area contributed by atoms with Crippen LogP contribution in [0.5, 0.6) is 0 Å². The summed E-state index contributed by atoms with van der Waals surface area (Å²) in [5.41, 5.74) is 2.22. The zero-order valence-corrected chi connectivity index (χ0v) is 11.5. The molecule has 2 rings (SSSR count). The number of likely N-dealkylation sites (N-methyl/N-ethyl adjacent to an activating group) is 1. The molecule has 0 saturated carbocycles. The van der Waals surface area contributed by atoms with Gasteiger partial charge in [0.1, 0.15) is 0 Å². The molecule has 0 radical (unpaired) electrons. The Bertz CT molecular complexity index is 491. The Morgan fingerprint density at radius 1 is 1.29 bits per heavy atom. The maximum Gasteiger partial charge on any atom is 0.0948 e. The van der Waals surface area contributed by atoms with Crippen molar-refractivity contribution in [1.82, 2.24) is 10.3 Å². The molecule has 0 atom stereocenters. The number of hydrogen-bond donors (Lipinski definition) is 1. The highest BCUT2D eigenvalue weighted by Crippen LogP contribution is 2.28. The molecule has 2 aromatic rings. The van der Waals surface area contributed by atoms with E-state index in [-0.39, 0.29) is 0 Å². The van der Waals surface area contributed by atoms with E-state index in [4.69, 9.17) is 11.6 Å². The predicted octanol–water partition coefficient (Wildman–Crippen LogP) is 3.53. The van der Waals surface area contributed by atoms with Crippen molar-refractivity contribution in [3.05, 3.63) is 39.2 Å². The van der Waals surface area contributed by atoms with E-state index in [1.54, 1.807) is 11.3 Å². The third-order valence-electron chi connectivity index (χ3n) is 2.55. The number of aryl methyl sites for hydroxylation is 1. The molecule has 1 N–H and O–H groups in total. The third-order valence-corrected chi connectivity index (χ3v) is 3.83. The van der Waals surface area contributed by atoms with E-state index in [1.165, 1.54) is 9.88 Å². The monoisotopic (exact) mass is 266 g/mol. The first-order valence-electron chi connectivity index (χ1n) is 5.57. The lowest BCUT2D eigenvalue weighted by Gasteiger charge is -1.98. The van der Waals surface area contributed by atoms with Gasteiger partial charge < -0.3 is 5.32 Å². The molecule has 0 aliphatic carbocycles. The minimum atomic E-state index is 0.761. The van der Waals surface area contributed by atoms with Gasteiger partial charge in [0, 0.05) is 28.4 Å². The lowest BCUT2D eigenvalue weighted by Crippen LogP contribution is -2.09. The highest BCUT2D eigenvalue weighted by Gasteiger charge is 2.09. The summed E-state index contributed by atoms with van der Waals surface area (Å²) >= 11 is 7.66. The van der Waals surface area contributed by atoms with Crippen LogP contribution in [-0.4, -0.2) is 18.6 Å². The summed E-state index contributed by atoms with van der Waals surface area (Å²) in [7, 11) is 1.96. The number of halogens is 1. The van der Waals surface area contributed by atoms with Crippen molar-refractivity contribution in [2.45, 2.75) is 13.3 Å². The second-order valence-corrected chi connectivity index (χ2v) is 5.60. The standard InChI is InChI=1S/C13H15ClN2S/c1-9-13(10-3-5-11(14)6-4-10)16-12(17-9)7-8-15-2/h3-6,15H,7-8H2,1-2H3.